The number of rotatable bonds is 4. The van der Waals surface area contributed by atoms with Crippen molar-refractivity contribution in [3.05, 3.63) is 53.6 Å². The quantitative estimate of drug-likeness (QED) is 0.803. The van der Waals surface area contributed by atoms with Crippen LogP contribution >= 0.6 is 11.8 Å². The second-order valence-electron chi connectivity index (χ2n) is 6.02. The van der Waals surface area contributed by atoms with Crippen LogP contribution in [-0.4, -0.2) is 26.1 Å². The molecular weight excluding hydrogens is 382 g/mol. The molecule has 1 heterocycles. The molecule has 138 valence electrons. The van der Waals surface area contributed by atoms with E-state index < -0.39 is 21.7 Å². The lowest BCUT2D eigenvalue weighted by molar-refractivity contribution is -0.116. The summed E-state index contributed by atoms with van der Waals surface area (Å²) in [5, 5.41) is 5.15. The normalized spacial score (nSPS) is 16.6. The molecule has 0 aromatic heterocycles. The van der Waals surface area contributed by atoms with Gasteiger partial charge >= 0.3 is 0 Å². The molecule has 1 aliphatic rings. The van der Waals surface area contributed by atoms with Gasteiger partial charge in [0, 0.05) is 16.6 Å². The first-order chi connectivity index (χ1) is 12.2. The molecule has 2 N–H and O–H groups in total. The van der Waals surface area contributed by atoms with Gasteiger partial charge in [-0.2, -0.15) is 0 Å². The Labute approximate surface area is 154 Å². The Balaban J connectivity index is 1.77. The fourth-order valence-corrected chi connectivity index (χ4v) is 4.29. The molecule has 0 radical (unpaired) electrons. The predicted octanol–water partition coefficient (Wildman–Crippen LogP) is 2.68. The maximum atomic E-state index is 13.3. The second-order valence-corrected chi connectivity index (χ2v) is 8.63. The predicted molar refractivity (Wildman–Crippen MR) is 95.5 cm³/mol. The molecule has 26 heavy (non-hydrogen) atoms. The Morgan fingerprint density at radius 1 is 1.23 bits per heavy atom. The molecule has 1 atom stereocenters. The lowest BCUT2D eigenvalue weighted by atomic mass is 10.1. The summed E-state index contributed by atoms with van der Waals surface area (Å²) in [5.74, 6) is -2.05. The number of nitrogens with zero attached hydrogens (tertiary/aromatic N) is 1. The molecule has 0 bridgehead atoms. The van der Waals surface area contributed by atoms with E-state index in [-0.39, 0.29) is 22.6 Å². The first kappa shape index (κ1) is 18.8. The second kappa shape index (κ2) is 6.98. The van der Waals surface area contributed by atoms with Crippen molar-refractivity contribution in [3.63, 3.8) is 0 Å². The number of amides is 1. The minimum absolute atomic E-state index is 0.00825. The molecule has 1 unspecified atom stereocenters. The third kappa shape index (κ3) is 3.74. The standard InChI is InChI=1S/C17H16F2N2O3S2/c1-10-6-11-7-13(26(20,23)24)3-5-16(11)21(10)17(22)9-25-12-2-4-14(18)15(19)8-12/h2-5,7-8,10H,6,9H2,1H3,(H2,20,23,24). The van der Waals surface area contributed by atoms with Gasteiger partial charge in [-0.15, -0.1) is 11.8 Å². The van der Waals surface area contributed by atoms with Crippen LogP contribution in [0.1, 0.15) is 12.5 Å². The third-order valence-electron chi connectivity index (χ3n) is 4.12. The van der Waals surface area contributed by atoms with Crippen LogP contribution in [0.2, 0.25) is 0 Å². The monoisotopic (exact) mass is 398 g/mol. The summed E-state index contributed by atoms with van der Waals surface area (Å²) in [5.41, 5.74) is 1.37. The highest BCUT2D eigenvalue weighted by Gasteiger charge is 2.31. The Morgan fingerprint density at radius 2 is 1.96 bits per heavy atom. The van der Waals surface area contributed by atoms with Gasteiger partial charge in [-0.3, -0.25) is 4.79 Å². The number of halogens is 2. The van der Waals surface area contributed by atoms with E-state index in [2.05, 4.69) is 0 Å². The van der Waals surface area contributed by atoms with E-state index in [0.29, 0.717) is 17.0 Å². The summed E-state index contributed by atoms with van der Waals surface area (Å²) in [6.07, 6.45) is 0.514. The molecule has 2 aromatic rings. The molecule has 1 aliphatic heterocycles. The zero-order valence-electron chi connectivity index (χ0n) is 13.8. The van der Waals surface area contributed by atoms with Crippen LogP contribution in [0.4, 0.5) is 14.5 Å². The third-order valence-corrected chi connectivity index (χ3v) is 6.01. The zero-order chi connectivity index (χ0) is 19.1. The minimum Gasteiger partial charge on any atom is -0.308 e. The SMILES string of the molecule is CC1Cc2cc(S(N)(=O)=O)ccc2N1C(=O)CSc1ccc(F)c(F)c1. The smallest absolute Gasteiger partial charge is 0.238 e. The maximum absolute atomic E-state index is 13.3. The van der Waals surface area contributed by atoms with Crippen molar-refractivity contribution in [1.82, 2.24) is 0 Å². The molecule has 0 aliphatic carbocycles. The van der Waals surface area contributed by atoms with E-state index in [1.807, 2.05) is 6.92 Å². The van der Waals surface area contributed by atoms with Gasteiger partial charge in [-0.25, -0.2) is 22.3 Å². The summed E-state index contributed by atoms with van der Waals surface area (Å²) in [6.45, 7) is 1.86. The van der Waals surface area contributed by atoms with E-state index >= 15 is 0 Å². The van der Waals surface area contributed by atoms with Crippen molar-refractivity contribution < 1.29 is 22.0 Å². The Morgan fingerprint density at radius 3 is 2.62 bits per heavy atom. The van der Waals surface area contributed by atoms with Crippen LogP contribution < -0.4 is 10.0 Å². The molecule has 0 saturated carbocycles. The van der Waals surface area contributed by atoms with Gasteiger partial charge in [0.2, 0.25) is 15.9 Å². The number of anilines is 1. The van der Waals surface area contributed by atoms with Gasteiger partial charge in [-0.1, -0.05) is 0 Å². The number of hydrogen-bond acceptors (Lipinski definition) is 4. The first-order valence-corrected chi connectivity index (χ1v) is 10.3. The van der Waals surface area contributed by atoms with Crippen LogP contribution in [0.25, 0.3) is 0 Å². The summed E-state index contributed by atoms with van der Waals surface area (Å²) in [7, 11) is -3.81. The number of nitrogens with two attached hydrogens (primary N) is 1. The van der Waals surface area contributed by atoms with Crippen molar-refractivity contribution in [2.24, 2.45) is 5.14 Å². The van der Waals surface area contributed by atoms with E-state index in [1.54, 1.807) is 11.0 Å². The van der Waals surface area contributed by atoms with Gasteiger partial charge in [0.05, 0.1) is 10.6 Å². The van der Waals surface area contributed by atoms with Gasteiger partial charge < -0.3 is 4.90 Å². The van der Waals surface area contributed by atoms with Gasteiger partial charge in [0.15, 0.2) is 11.6 Å². The molecule has 0 spiro atoms. The molecule has 0 saturated heterocycles. The fraction of sp³-hybridized carbons (Fsp3) is 0.235. The molecule has 0 fully saturated rings. The fourth-order valence-electron chi connectivity index (χ4n) is 2.95. The Hall–Kier alpha value is -1.97. The number of sulfonamides is 1. The van der Waals surface area contributed by atoms with E-state index in [4.69, 9.17) is 5.14 Å². The molecule has 9 heteroatoms. The largest absolute Gasteiger partial charge is 0.308 e. The van der Waals surface area contributed by atoms with Crippen molar-refractivity contribution in [3.8, 4) is 0 Å². The number of carbonyl (C=O) groups excluding carboxylic acids is 1. The lowest BCUT2D eigenvalue weighted by Crippen LogP contribution is -2.36. The summed E-state index contributed by atoms with van der Waals surface area (Å²) >= 11 is 1.11. The van der Waals surface area contributed by atoms with Crippen molar-refractivity contribution in [2.75, 3.05) is 10.7 Å². The summed E-state index contributed by atoms with van der Waals surface area (Å²) < 4.78 is 49.2. The summed E-state index contributed by atoms with van der Waals surface area (Å²) in [6, 6.07) is 7.76. The van der Waals surface area contributed by atoms with Crippen LogP contribution in [0, 0.1) is 11.6 Å². The van der Waals surface area contributed by atoms with Crippen LogP contribution in [0.15, 0.2) is 46.2 Å². The zero-order valence-corrected chi connectivity index (χ0v) is 15.4. The van der Waals surface area contributed by atoms with Crippen molar-refractivity contribution in [2.45, 2.75) is 29.2 Å². The average Bonchev–Trinajstić information content (AvgIpc) is 2.89. The lowest BCUT2D eigenvalue weighted by Gasteiger charge is -2.22. The van der Waals surface area contributed by atoms with Gasteiger partial charge in [0.1, 0.15) is 0 Å². The number of carbonyl (C=O) groups is 1. The Bertz CT molecular complexity index is 980. The minimum atomic E-state index is -3.81. The topological polar surface area (TPSA) is 80.5 Å². The summed E-state index contributed by atoms with van der Waals surface area (Å²) in [4.78, 5) is 14.7. The highest BCUT2D eigenvalue weighted by molar-refractivity contribution is 8.00. The number of primary sulfonamides is 1. The number of thioether (sulfide) groups is 1. The number of hydrogen-bond donors (Lipinski definition) is 1. The first-order valence-electron chi connectivity index (χ1n) is 7.72. The highest BCUT2D eigenvalue weighted by Crippen LogP contribution is 2.34. The number of fused-ring (bicyclic) bond motifs is 1. The average molecular weight is 398 g/mol. The molecule has 3 rings (SSSR count). The molecule has 5 nitrogen and oxygen atoms in total. The molecule has 2 aromatic carbocycles. The van der Waals surface area contributed by atoms with Gasteiger partial charge in [0.25, 0.3) is 0 Å². The van der Waals surface area contributed by atoms with Gasteiger partial charge in [-0.05, 0) is 55.3 Å². The molecular formula is C17H16F2N2O3S2. The van der Waals surface area contributed by atoms with Crippen LogP contribution in [0.3, 0.4) is 0 Å². The van der Waals surface area contributed by atoms with E-state index in [9.17, 15) is 22.0 Å². The molecule has 1 amide bonds. The highest BCUT2D eigenvalue weighted by atomic mass is 32.2. The van der Waals surface area contributed by atoms with E-state index in [1.165, 1.54) is 18.2 Å². The van der Waals surface area contributed by atoms with Crippen molar-refractivity contribution in [1.29, 1.82) is 0 Å². The maximum Gasteiger partial charge on any atom is 0.238 e. The number of benzene rings is 2. The Kier molecular flexibility index (Phi) is 5.05. The van der Waals surface area contributed by atoms with Crippen molar-refractivity contribution >= 4 is 33.4 Å². The van der Waals surface area contributed by atoms with Crippen LogP contribution in [0.5, 0.6) is 0 Å². The van der Waals surface area contributed by atoms with Crippen LogP contribution in [-0.2, 0) is 21.2 Å². The van der Waals surface area contributed by atoms with E-state index in [0.717, 1.165) is 29.5 Å².